The molecule has 0 aromatic heterocycles. The number of fused-ring (bicyclic) bond motifs is 2. The Bertz CT molecular complexity index is 1880. The van der Waals surface area contributed by atoms with Gasteiger partial charge in [0.2, 0.25) is 23.6 Å². The smallest absolute Gasteiger partial charge is 0.408 e. The lowest BCUT2D eigenvalue weighted by Gasteiger charge is -2.38. The number of nitrogens with two attached hydrogens (primary N) is 1. The highest BCUT2D eigenvalue weighted by Gasteiger charge is 2.71. The van der Waals surface area contributed by atoms with Crippen LogP contribution in [0.3, 0.4) is 0 Å². The lowest BCUT2D eigenvalue weighted by atomic mass is 9.79. The Morgan fingerprint density at radius 2 is 1.04 bits per heavy atom. The van der Waals surface area contributed by atoms with Crippen molar-refractivity contribution < 1.29 is 52.9 Å². The first-order valence-electron chi connectivity index (χ1n) is 25.6. The normalized spacial score (nSPS) is 29.2. The molecule has 2 aliphatic heterocycles. The number of hydrogen-bond donors (Lipinski definition) is 5. The standard InChI is InChI=1S/C29H48N4O6.C22H36N2O5/c1-28(2,3)39-27(38)32-21(17-12-7-6-8-13-17)26(37)33-15-18-20(29(18,4)5)22(33)25(36)31-19(23(34)24(30)35)14-16-10-9-11-16;1-21(2,3)29-20(27)23-16(13-10-8-7-9-11-13)18(25)24-12-14-15(22(14,4)5)17(24)19(26)28-6/h16-23,34H,6-15H2,1-5H3,(H2,30,35)(H,31,36)(H,32,38);13-17H,7-12H2,1-6H3,(H,23,27)/t18?,19?,20?,21-,22-,23?;14?,15?,16-,17-/m00/s1. The maximum Gasteiger partial charge on any atom is 0.408 e. The quantitative estimate of drug-likeness (QED) is 0.113. The number of aliphatic hydroxyl groups is 1. The van der Waals surface area contributed by atoms with E-state index < -0.39 is 65.6 Å². The summed E-state index contributed by atoms with van der Waals surface area (Å²) in [5.41, 5.74) is 3.99. The van der Waals surface area contributed by atoms with Gasteiger partial charge in [-0.2, -0.15) is 0 Å². The van der Waals surface area contributed by atoms with Crippen molar-refractivity contribution in [1.29, 1.82) is 0 Å². The Balaban J connectivity index is 0.000000234. The van der Waals surface area contributed by atoms with Gasteiger partial charge in [-0.15, -0.1) is 0 Å². The molecule has 6 unspecified atom stereocenters. The number of aliphatic hydroxyl groups excluding tert-OH is 1. The van der Waals surface area contributed by atoms with Crippen LogP contribution in [0.5, 0.6) is 0 Å². The number of hydrogen-bond acceptors (Lipinski definition) is 11. The maximum absolute atomic E-state index is 14.2. The zero-order valence-electron chi connectivity index (χ0n) is 42.8. The summed E-state index contributed by atoms with van der Waals surface area (Å²) in [6, 6.07) is -3.56. The fraction of sp³-hybridized carbons (Fsp3) is 0.863. The molecule has 7 fully saturated rings. The van der Waals surface area contributed by atoms with E-state index in [9.17, 15) is 38.7 Å². The molecule has 0 bridgehead atoms. The van der Waals surface area contributed by atoms with E-state index in [1.165, 1.54) is 7.11 Å². The molecule has 68 heavy (non-hydrogen) atoms. The van der Waals surface area contributed by atoms with Gasteiger partial charge in [0, 0.05) is 19.0 Å². The van der Waals surface area contributed by atoms with Gasteiger partial charge in [-0.25, -0.2) is 14.4 Å². The Morgan fingerprint density at radius 1 is 0.632 bits per heavy atom. The predicted molar refractivity (Wildman–Crippen MR) is 253 cm³/mol. The highest BCUT2D eigenvalue weighted by Crippen LogP contribution is 2.66. The van der Waals surface area contributed by atoms with E-state index in [1.54, 1.807) is 51.3 Å². The molecule has 17 heteroatoms. The number of nitrogens with one attached hydrogen (secondary N) is 3. The van der Waals surface area contributed by atoms with Crippen LogP contribution in [0.25, 0.3) is 0 Å². The molecule has 5 saturated carbocycles. The molecule has 384 valence electrons. The summed E-state index contributed by atoms with van der Waals surface area (Å²) in [5, 5.41) is 19.1. The van der Waals surface area contributed by atoms with Gasteiger partial charge in [0.15, 0.2) is 6.10 Å². The second-order valence-corrected chi connectivity index (χ2v) is 24.3. The third-order valence-electron chi connectivity index (χ3n) is 16.6. The zero-order chi connectivity index (χ0) is 50.3. The van der Waals surface area contributed by atoms with E-state index in [1.807, 2.05) is 0 Å². The second kappa shape index (κ2) is 20.7. The summed E-state index contributed by atoms with van der Waals surface area (Å²) in [5.74, 6) is -1.15. The number of esters is 1. The van der Waals surface area contributed by atoms with Crippen molar-refractivity contribution in [3.8, 4) is 0 Å². The van der Waals surface area contributed by atoms with Crippen molar-refractivity contribution in [2.45, 2.75) is 207 Å². The van der Waals surface area contributed by atoms with Crippen molar-refractivity contribution in [2.75, 3.05) is 20.2 Å². The SMILES string of the molecule is CC(C)(C)OC(=O)N[C@H](C(=O)N1CC2C([C@H]1C(=O)NC(CC1CCC1)C(O)C(N)=O)C2(C)C)C1CCCCC1.COC(=O)[C@@H]1C2C(CN1C(=O)[C@@H](NC(=O)OC(C)(C)C)C1CCCCC1)C2(C)C. The number of likely N-dealkylation sites (tertiary alicyclic amines) is 2. The van der Waals surface area contributed by atoms with E-state index in [2.05, 4.69) is 43.6 Å². The number of primary amides is 1. The maximum atomic E-state index is 14.2. The van der Waals surface area contributed by atoms with Gasteiger partial charge in [-0.3, -0.25) is 19.2 Å². The number of carbonyl (C=O) groups is 7. The molecule has 6 amide bonds. The van der Waals surface area contributed by atoms with Gasteiger partial charge in [0.1, 0.15) is 35.4 Å². The van der Waals surface area contributed by atoms with Crippen LogP contribution in [0.15, 0.2) is 0 Å². The lowest BCUT2D eigenvalue weighted by molar-refractivity contribution is -0.154. The van der Waals surface area contributed by atoms with E-state index in [0.717, 1.165) is 83.5 Å². The van der Waals surface area contributed by atoms with E-state index >= 15 is 0 Å². The summed E-state index contributed by atoms with van der Waals surface area (Å²) in [6.07, 6.45) is 10.6. The average Bonchev–Trinajstić information content (AvgIpc) is 3.69. The van der Waals surface area contributed by atoms with Crippen LogP contribution in [0.4, 0.5) is 9.59 Å². The van der Waals surface area contributed by atoms with Crippen molar-refractivity contribution in [3.05, 3.63) is 0 Å². The van der Waals surface area contributed by atoms with Gasteiger partial charge >= 0.3 is 18.2 Å². The first kappa shape index (κ1) is 53.2. The minimum absolute atomic E-state index is 0.0320. The number of piperidine rings is 2. The van der Waals surface area contributed by atoms with Gasteiger partial charge < -0.3 is 50.8 Å². The average molecular weight is 957 g/mol. The van der Waals surface area contributed by atoms with Crippen molar-refractivity contribution >= 4 is 41.8 Å². The summed E-state index contributed by atoms with van der Waals surface area (Å²) >= 11 is 0. The number of ether oxygens (including phenoxy) is 3. The van der Waals surface area contributed by atoms with Crippen molar-refractivity contribution in [2.24, 2.45) is 58.0 Å². The van der Waals surface area contributed by atoms with Gasteiger partial charge in [0.25, 0.3) is 0 Å². The predicted octanol–water partition coefficient (Wildman–Crippen LogP) is 5.58. The number of alkyl carbamates (subject to hydrolysis) is 2. The topological polar surface area (TPSA) is 236 Å². The van der Waals surface area contributed by atoms with E-state index in [0.29, 0.717) is 31.3 Å². The first-order valence-corrected chi connectivity index (χ1v) is 25.6. The number of rotatable bonds is 13. The third kappa shape index (κ3) is 12.1. The number of carbonyl (C=O) groups excluding carboxylic acids is 7. The number of methoxy groups -OCH3 is 1. The molecule has 2 heterocycles. The molecule has 7 rings (SSSR count). The molecule has 5 aliphatic carbocycles. The fourth-order valence-corrected chi connectivity index (χ4v) is 12.5. The highest BCUT2D eigenvalue weighted by molar-refractivity contribution is 5.94. The third-order valence-corrected chi connectivity index (χ3v) is 16.6. The summed E-state index contributed by atoms with van der Waals surface area (Å²) in [7, 11) is 1.37. The van der Waals surface area contributed by atoms with Gasteiger partial charge in [-0.1, -0.05) is 85.5 Å². The number of amides is 6. The van der Waals surface area contributed by atoms with E-state index in [4.69, 9.17) is 19.9 Å². The van der Waals surface area contributed by atoms with Crippen LogP contribution in [0, 0.1) is 52.3 Å². The molecule has 0 radical (unpaired) electrons. The molecular formula is C51H84N6O11. The minimum atomic E-state index is -1.49. The summed E-state index contributed by atoms with van der Waals surface area (Å²) in [4.78, 5) is 94.5. The highest BCUT2D eigenvalue weighted by atomic mass is 16.6. The second-order valence-electron chi connectivity index (χ2n) is 24.3. The summed E-state index contributed by atoms with van der Waals surface area (Å²) in [6.45, 7) is 20.2. The largest absolute Gasteiger partial charge is 0.467 e. The minimum Gasteiger partial charge on any atom is -0.467 e. The van der Waals surface area contributed by atoms with Crippen molar-refractivity contribution in [3.63, 3.8) is 0 Å². The molecule has 10 atom stereocenters. The fourth-order valence-electron chi connectivity index (χ4n) is 12.5. The number of nitrogens with zero attached hydrogens (tertiary/aromatic N) is 2. The van der Waals surface area contributed by atoms with Crippen LogP contribution in [0.1, 0.15) is 159 Å². The first-order chi connectivity index (χ1) is 31.7. The molecule has 0 aromatic carbocycles. The Hall–Kier alpha value is -4.15. The monoisotopic (exact) mass is 957 g/mol. The molecule has 0 spiro atoms. The Labute approximate surface area is 404 Å². The molecule has 6 N–H and O–H groups in total. The van der Waals surface area contributed by atoms with Crippen molar-refractivity contribution in [1.82, 2.24) is 25.8 Å². The Morgan fingerprint density at radius 3 is 1.41 bits per heavy atom. The molecular weight excluding hydrogens is 873 g/mol. The molecule has 7 aliphatic rings. The molecule has 2 saturated heterocycles. The zero-order valence-corrected chi connectivity index (χ0v) is 42.8. The van der Waals surface area contributed by atoms with E-state index in [-0.39, 0.29) is 64.1 Å². The van der Waals surface area contributed by atoms with Crippen LogP contribution in [-0.2, 0) is 38.2 Å². The van der Waals surface area contributed by atoms with Crippen LogP contribution in [0.2, 0.25) is 0 Å². The van der Waals surface area contributed by atoms with Gasteiger partial charge in [-0.05, 0) is 120 Å². The van der Waals surface area contributed by atoms with Crippen LogP contribution < -0.4 is 21.7 Å². The molecule has 0 aromatic rings. The van der Waals surface area contributed by atoms with Crippen LogP contribution in [-0.4, -0.2) is 124 Å². The van der Waals surface area contributed by atoms with Crippen LogP contribution >= 0.6 is 0 Å². The Kier molecular flexibility index (Phi) is 16.2. The molecule has 17 nitrogen and oxygen atoms in total. The lowest BCUT2D eigenvalue weighted by Crippen LogP contribution is -2.60. The van der Waals surface area contributed by atoms with Gasteiger partial charge in [0.05, 0.1) is 13.2 Å². The summed E-state index contributed by atoms with van der Waals surface area (Å²) < 4.78 is 15.9.